The zero-order valence-electron chi connectivity index (χ0n) is 11.2. The third-order valence-electron chi connectivity index (χ3n) is 5.34. The summed E-state index contributed by atoms with van der Waals surface area (Å²) in [7, 11) is 0. The molecule has 3 saturated carbocycles. The third kappa shape index (κ3) is 2.84. The zero-order chi connectivity index (χ0) is 11.7. The molecule has 0 aromatic carbocycles. The standard InChI is InChI=1S/C15H27NS/c1-2-17-15-6-5-14(9-15)16-10-13-8-11-3-4-12(13)7-11/h11-16H,2-10H2,1H3. The molecule has 17 heavy (non-hydrogen) atoms. The first-order valence-electron chi connectivity index (χ1n) is 7.70. The molecule has 5 atom stereocenters. The van der Waals surface area contributed by atoms with E-state index in [2.05, 4.69) is 24.0 Å². The molecule has 0 aromatic heterocycles. The van der Waals surface area contributed by atoms with Crippen LogP contribution < -0.4 is 5.32 Å². The van der Waals surface area contributed by atoms with Gasteiger partial charge in [0.15, 0.2) is 0 Å². The second-order valence-electron chi connectivity index (χ2n) is 6.43. The minimum absolute atomic E-state index is 0.846. The van der Waals surface area contributed by atoms with Gasteiger partial charge in [0.2, 0.25) is 0 Å². The fraction of sp³-hybridized carbons (Fsp3) is 1.00. The summed E-state index contributed by atoms with van der Waals surface area (Å²) in [5.41, 5.74) is 0. The average molecular weight is 253 g/mol. The van der Waals surface area contributed by atoms with E-state index in [4.69, 9.17) is 0 Å². The van der Waals surface area contributed by atoms with E-state index in [1.807, 2.05) is 0 Å². The van der Waals surface area contributed by atoms with Gasteiger partial charge in [0.25, 0.3) is 0 Å². The summed E-state index contributed by atoms with van der Waals surface area (Å²) in [5.74, 6) is 4.53. The molecule has 3 aliphatic carbocycles. The van der Waals surface area contributed by atoms with Gasteiger partial charge in [-0.1, -0.05) is 13.3 Å². The summed E-state index contributed by atoms with van der Waals surface area (Å²) >= 11 is 2.17. The largest absolute Gasteiger partial charge is 0.314 e. The maximum absolute atomic E-state index is 3.88. The van der Waals surface area contributed by atoms with Gasteiger partial charge in [-0.05, 0) is 68.6 Å². The molecule has 3 rings (SSSR count). The van der Waals surface area contributed by atoms with Crippen molar-refractivity contribution in [1.82, 2.24) is 5.32 Å². The molecule has 2 heteroatoms. The van der Waals surface area contributed by atoms with Gasteiger partial charge in [-0.2, -0.15) is 11.8 Å². The second kappa shape index (κ2) is 5.52. The molecule has 0 heterocycles. The highest BCUT2D eigenvalue weighted by atomic mass is 32.2. The van der Waals surface area contributed by atoms with Gasteiger partial charge in [0.1, 0.15) is 0 Å². The van der Waals surface area contributed by atoms with Crippen LogP contribution in [0.2, 0.25) is 0 Å². The first-order valence-corrected chi connectivity index (χ1v) is 8.75. The van der Waals surface area contributed by atoms with Crippen molar-refractivity contribution in [2.75, 3.05) is 12.3 Å². The van der Waals surface area contributed by atoms with E-state index < -0.39 is 0 Å². The predicted octanol–water partition coefficient (Wildman–Crippen LogP) is 3.69. The zero-order valence-corrected chi connectivity index (χ0v) is 12.0. The Bertz CT molecular complexity index is 255. The average Bonchev–Trinajstić information content (AvgIpc) is 3.02. The molecular formula is C15H27NS. The molecule has 1 nitrogen and oxygen atoms in total. The highest BCUT2D eigenvalue weighted by Crippen LogP contribution is 2.48. The van der Waals surface area contributed by atoms with Crippen LogP contribution in [0.4, 0.5) is 0 Å². The molecule has 2 bridgehead atoms. The molecule has 0 spiro atoms. The Morgan fingerprint density at radius 2 is 2.00 bits per heavy atom. The van der Waals surface area contributed by atoms with Crippen LogP contribution in [0.5, 0.6) is 0 Å². The molecule has 1 N–H and O–H groups in total. The van der Waals surface area contributed by atoms with Crippen molar-refractivity contribution in [2.24, 2.45) is 17.8 Å². The summed E-state index contributed by atoms with van der Waals surface area (Å²) < 4.78 is 0. The Morgan fingerprint density at radius 1 is 1.06 bits per heavy atom. The molecule has 0 aromatic rings. The number of fused-ring (bicyclic) bond motifs is 2. The SMILES string of the molecule is CCSC1CCC(NCC2CC3CCC2C3)C1. The summed E-state index contributed by atoms with van der Waals surface area (Å²) in [6, 6.07) is 0.846. The van der Waals surface area contributed by atoms with Gasteiger partial charge in [0.05, 0.1) is 0 Å². The summed E-state index contributed by atoms with van der Waals surface area (Å²) in [6.07, 6.45) is 10.5. The minimum Gasteiger partial charge on any atom is -0.314 e. The number of hydrogen-bond donors (Lipinski definition) is 1. The monoisotopic (exact) mass is 253 g/mol. The topological polar surface area (TPSA) is 12.0 Å². The van der Waals surface area contributed by atoms with Crippen molar-refractivity contribution in [3.8, 4) is 0 Å². The lowest BCUT2D eigenvalue weighted by Crippen LogP contribution is -2.33. The van der Waals surface area contributed by atoms with Crippen LogP contribution in [-0.4, -0.2) is 23.6 Å². The molecule has 0 amide bonds. The lowest BCUT2D eigenvalue weighted by molar-refractivity contribution is 0.306. The van der Waals surface area contributed by atoms with Crippen molar-refractivity contribution in [1.29, 1.82) is 0 Å². The van der Waals surface area contributed by atoms with Crippen LogP contribution in [-0.2, 0) is 0 Å². The third-order valence-corrected chi connectivity index (χ3v) is 6.57. The molecular weight excluding hydrogens is 226 g/mol. The van der Waals surface area contributed by atoms with Gasteiger partial charge in [0, 0.05) is 11.3 Å². The van der Waals surface area contributed by atoms with Gasteiger partial charge in [-0.25, -0.2) is 0 Å². The maximum atomic E-state index is 3.88. The maximum Gasteiger partial charge on any atom is 0.00781 e. The van der Waals surface area contributed by atoms with E-state index in [0.717, 1.165) is 29.0 Å². The lowest BCUT2D eigenvalue weighted by Gasteiger charge is -2.24. The molecule has 98 valence electrons. The number of rotatable bonds is 5. The highest BCUT2D eigenvalue weighted by molar-refractivity contribution is 7.99. The van der Waals surface area contributed by atoms with Crippen molar-refractivity contribution in [3.63, 3.8) is 0 Å². The van der Waals surface area contributed by atoms with E-state index in [0.29, 0.717) is 0 Å². The summed E-state index contributed by atoms with van der Waals surface area (Å²) in [6.45, 7) is 3.62. The highest BCUT2D eigenvalue weighted by Gasteiger charge is 2.39. The van der Waals surface area contributed by atoms with Crippen LogP contribution in [0, 0.1) is 17.8 Å². The van der Waals surface area contributed by atoms with E-state index in [9.17, 15) is 0 Å². The number of nitrogens with one attached hydrogen (secondary N) is 1. The molecule has 3 fully saturated rings. The van der Waals surface area contributed by atoms with Gasteiger partial charge in [-0.3, -0.25) is 0 Å². The first kappa shape index (κ1) is 12.3. The van der Waals surface area contributed by atoms with E-state index >= 15 is 0 Å². The van der Waals surface area contributed by atoms with Crippen molar-refractivity contribution >= 4 is 11.8 Å². The van der Waals surface area contributed by atoms with Crippen LogP contribution in [0.3, 0.4) is 0 Å². The minimum atomic E-state index is 0.846. The molecule has 0 radical (unpaired) electrons. The fourth-order valence-corrected chi connectivity index (χ4v) is 5.60. The Labute approximate surface area is 111 Å². The van der Waals surface area contributed by atoms with Crippen LogP contribution >= 0.6 is 11.8 Å². The Morgan fingerprint density at radius 3 is 2.71 bits per heavy atom. The van der Waals surface area contributed by atoms with Crippen LogP contribution in [0.1, 0.15) is 51.9 Å². The second-order valence-corrected chi connectivity index (χ2v) is 8.01. The van der Waals surface area contributed by atoms with Gasteiger partial charge >= 0.3 is 0 Å². The van der Waals surface area contributed by atoms with E-state index in [1.165, 1.54) is 44.4 Å². The Balaban J connectivity index is 1.38. The summed E-state index contributed by atoms with van der Waals surface area (Å²) in [4.78, 5) is 0. The quantitative estimate of drug-likeness (QED) is 0.802. The van der Waals surface area contributed by atoms with Crippen molar-refractivity contribution < 1.29 is 0 Å². The lowest BCUT2D eigenvalue weighted by atomic mass is 9.88. The number of hydrogen-bond acceptors (Lipinski definition) is 2. The van der Waals surface area contributed by atoms with Crippen LogP contribution in [0.15, 0.2) is 0 Å². The summed E-state index contributed by atoms with van der Waals surface area (Å²) in [5, 5.41) is 4.84. The molecule has 0 aliphatic heterocycles. The van der Waals surface area contributed by atoms with E-state index in [1.54, 1.807) is 12.8 Å². The predicted molar refractivity (Wildman–Crippen MR) is 76.5 cm³/mol. The van der Waals surface area contributed by atoms with Gasteiger partial charge in [-0.15, -0.1) is 0 Å². The van der Waals surface area contributed by atoms with Crippen molar-refractivity contribution in [3.05, 3.63) is 0 Å². The number of thioether (sulfide) groups is 1. The van der Waals surface area contributed by atoms with Crippen molar-refractivity contribution in [2.45, 2.75) is 63.2 Å². The van der Waals surface area contributed by atoms with Crippen LogP contribution in [0.25, 0.3) is 0 Å². The first-order chi connectivity index (χ1) is 8.35. The fourth-order valence-electron chi connectivity index (χ4n) is 4.46. The van der Waals surface area contributed by atoms with Gasteiger partial charge < -0.3 is 5.32 Å². The molecule has 3 aliphatic rings. The normalized spacial score (nSPS) is 44.6. The Hall–Kier alpha value is 0.310. The molecule has 5 unspecified atom stereocenters. The Kier molecular flexibility index (Phi) is 4.01. The smallest absolute Gasteiger partial charge is 0.00781 e. The van der Waals surface area contributed by atoms with E-state index in [-0.39, 0.29) is 0 Å². The molecule has 0 saturated heterocycles.